The SMILES string of the molecule is CCCC(O)c1cc2cccc(OC)c2o1. The Kier molecular flexibility index (Phi) is 3.15. The Morgan fingerprint density at radius 1 is 1.44 bits per heavy atom. The molecule has 0 saturated carbocycles. The summed E-state index contributed by atoms with van der Waals surface area (Å²) in [5.41, 5.74) is 0.704. The zero-order chi connectivity index (χ0) is 11.5. The van der Waals surface area contributed by atoms with Gasteiger partial charge in [0.25, 0.3) is 0 Å². The zero-order valence-corrected chi connectivity index (χ0v) is 9.56. The maximum atomic E-state index is 9.85. The summed E-state index contributed by atoms with van der Waals surface area (Å²) in [4.78, 5) is 0. The third-order valence-electron chi connectivity index (χ3n) is 2.64. The summed E-state index contributed by atoms with van der Waals surface area (Å²) in [6.45, 7) is 2.03. The van der Waals surface area contributed by atoms with Crippen LogP contribution in [0.4, 0.5) is 0 Å². The van der Waals surface area contributed by atoms with E-state index < -0.39 is 6.10 Å². The standard InChI is InChI=1S/C13H16O3/c1-3-5-10(14)12-8-9-6-4-7-11(15-2)13(9)16-12/h4,6-8,10,14H,3,5H2,1-2H3. The van der Waals surface area contributed by atoms with Gasteiger partial charge >= 0.3 is 0 Å². The van der Waals surface area contributed by atoms with Crippen LogP contribution in [-0.2, 0) is 0 Å². The highest BCUT2D eigenvalue weighted by molar-refractivity contribution is 5.83. The van der Waals surface area contributed by atoms with E-state index in [-0.39, 0.29) is 0 Å². The van der Waals surface area contributed by atoms with Crippen molar-refractivity contribution in [1.82, 2.24) is 0 Å². The highest BCUT2D eigenvalue weighted by Gasteiger charge is 2.14. The molecule has 16 heavy (non-hydrogen) atoms. The first kappa shape index (κ1) is 11.0. The molecule has 1 aromatic carbocycles. The molecular formula is C13H16O3. The van der Waals surface area contributed by atoms with Gasteiger partial charge in [0, 0.05) is 5.39 Å². The van der Waals surface area contributed by atoms with Crippen molar-refractivity contribution in [2.24, 2.45) is 0 Å². The van der Waals surface area contributed by atoms with Crippen molar-refractivity contribution in [3.05, 3.63) is 30.0 Å². The molecule has 0 spiro atoms. The van der Waals surface area contributed by atoms with Crippen molar-refractivity contribution in [3.8, 4) is 5.75 Å². The number of methoxy groups -OCH3 is 1. The van der Waals surface area contributed by atoms with Crippen molar-refractivity contribution in [2.75, 3.05) is 7.11 Å². The molecule has 1 aromatic heterocycles. The first-order valence-corrected chi connectivity index (χ1v) is 5.50. The van der Waals surface area contributed by atoms with Crippen LogP contribution in [0.25, 0.3) is 11.0 Å². The topological polar surface area (TPSA) is 42.6 Å². The lowest BCUT2D eigenvalue weighted by Crippen LogP contribution is -1.93. The van der Waals surface area contributed by atoms with Crippen LogP contribution in [0.5, 0.6) is 5.75 Å². The number of aliphatic hydroxyl groups excluding tert-OH is 1. The Hall–Kier alpha value is -1.48. The van der Waals surface area contributed by atoms with E-state index >= 15 is 0 Å². The quantitative estimate of drug-likeness (QED) is 0.859. The average Bonchev–Trinajstić information content (AvgIpc) is 2.72. The molecule has 2 aromatic rings. The molecule has 1 unspecified atom stereocenters. The summed E-state index contributed by atoms with van der Waals surface area (Å²) < 4.78 is 10.8. The van der Waals surface area contributed by atoms with E-state index in [4.69, 9.17) is 9.15 Å². The van der Waals surface area contributed by atoms with Crippen molar-refractivity contribution in [3.63, 3.8) is 0 Å². The number of fused-ring (bicyclic) bond motifs is 1. The molecular weight excluding hydrogens is 204 g/mol. The number of furan rings is 1. The fourth-order valence-electron chi connectivity index (χ4n) is 1.80. The Labute approximate surface area is 94.6 Å². The maximum absolute atomic E-state index is 9.85. The first-order valence-electron chi connectivity index (χ1n) is 5.50. The first-order chi connectivity index (χ1) is 7.76. The average molecular weight is 220 g/mol. The fraction of sp³-hybridized carbons (Fsp3) is 0.385. The second-order valence-corrected chi connectivity index (χ2v) is 3.83. The lowest BCUT2D eigenvalue weighted by molar-refractivity contribution is 0.141. The smallest absolute Gasteiger partial charge is 0.176 e. The van der Waals surface area contributed by atoms with Gasteiger partial charge in [0.2, 0.25) is 0 Å². The number of rotatable bonds is 4. The lowest BCUT2D eigenvalue weighted by atomic mass is 10.1. The van der Waals surface area contributed by atoms with Crippen LogP contribution in [0.2, 0.25) is 0 Å². The lowest BCUT2D eigenvalue weighted by Gasteiger charge is -2.04. The Bertz CT molecular complexity index is 473. The second-order valence-electron chi connectivity index (χ2n) is 3.83. The molecule has 0 aliphatic heterocycles. The monoisotopic (exact) mass is 220 g/mol. The number of benzene rings is 1. The van der Waals surface area contributed by atoms with Crippen LogP contribution in [0.1, 0.15) is 31.6 Å². The molecule has 3 heteroatoms. The van der Waals surface area contributed by atoms with Crippen molar-refractivity contribution in [1.29, 1.82) is 0 Å². The van der Waals surface area contributed by atoms with Crippen LogP contribution in [-0.4, -0.2) is 12.2 Å². The predicted octanol–water partition coefficient (Wildman–Crippen LogP) is 3.27. The van der Waals surface area contributed by atoms with E-state index in [1.54, 1.807) is 7.11 Å². The molecule has 0 fully saturated rings. The zero-order valence-electron chi connectivity index (χ0n) is 9.56. The number of hydrogen-bond acceptors (Lipinski definition) is 3. The number of ether oxygens (including phenoxy) is 1. The number of hydrogen-bond donors (Lipinski definition) is 1. The molecule has 0 amide bonds. The minimum Gasteiger partial charge on any atom is -0.493 e. The molecule has 86 valence electrons. The van der Waals surface area contributed by atoms with E-state index in [9.17, 15) is 5.11 Å². The Morgan fingerprint density at radius 3 is 2.94 bits per heavy atom. The van der Waals surface area contributed by atoms with Gasteiger partial charge in [-0.2, -0.15) is 0 Å². The third-order valence-corrected chi connectivity index (χ3v) is 2.64. The second kappa shape index (κ2) is 4.58. The number of aliphatic hydroxyl groups is 1. The highest BCUT2D eigenvalue weighted by Crippen LogP contribution is 2.31. The van der Waals surface area contributed by atoms with Gasteiger partial charge in [0.15, 0.2) is 11.3 Å². The third kappa shape index (κ3) is 1.91. The molecule has 2 rings (SSSR count). The van der Waals surface area contributed by atoms with Gasteiger partial charge in [0.05, 0.1) is 7.11 Å². The van der Waals surface area contributed by atoms with Gasteiger partial charge in [-0.05, 0) is 18.6 Å². The molecule has 0 aliphatic carbocycles. The largest absolute Gasteiger partial charge is 0.493 e. The summed E-state index contributed by atoms with van der Waals surface area (Å²) in [5, 5.41) is 10.8. The number of para-hydroxylation sites is 1. The summed E-state index contributed by atoms with van der Waals surface area (Å²) in [5.74, 6) is 1.31. The van der Waals surface area contributed by atoms with Gasteiger partial charge < -0.3 is 14.3 Å². The van der Waals surface area contributed by atoms with Crippen LogP contribution in [0.15, 0.2) is 28.7 Å². The van der Waals surface area contributed by atoms with Gasteiger partial charge in [-0.15, -0.1) is 0 Å². The van der Waals surface area contributed by atoms with Crippen molar-refractivity contribution < 1.29 is 14.3 Å². The Balaban J connectivity index is 2.43. The minimum absolute atomic E-state index is 0.526. The normalized spacial score (nSPS) is 12.9. The van der Waals surface area contributed by atoms with E-state index in [2.05, 4.69) is 0 Å². The predicted molar refractivity (Wildman–Crippen MR) is 62.6 cm³/mol. The van der Waals surface area contributed by atoms with Gasteiger partial charge in [0.1, 0.15) is 11.9 Å². The maximum Gasteiger partial charge on any atom is 0.176 e. The molecule has 1 heterocycles. The molecule has 1 atom stereocenters. The summed E-state index contributed by atoms with van der Waals surface area (Å²) in [6, 6.07) is 7.58. The molecule has 1 N–H and O–H groups in total. The molecule has 0 bridgehead atoms. The van der Waals surface area contributed by atoms with Crippen molar-refractivity contribution >= 4 is 11.0 Å². The Morgan fingerprint density at radius 2 is 2.25 bits per heavy atom. The molecule has 0 radical (unpaired) electrons. The van der Waals surface area contributed by atoms with Crippen LogP contribution in [0.3, 0.4) is 0 Å². The summed E-state index contributed by atoms with van der Waals surface area (Å²) in [6.07, 6.45) is 1.11. The van der Waals surface area contributed by atoms with Crippen LogP contribution >= 0.6 is 0 Å². The van der Waals surface area contributed by atoms with Gasteiger partial charge in [-0.1, -0.05) is 25.5 Å². The molecule has 0 aliphatic rings. The van der Waals surface area contributed by atoms with E-state index in [0.717, 1.165) is 11.8 Å². The minimum atomic E-state index is -0.526. The van der Waals surface area contributed by atoms with Crippen molar-refractivity contribution in [2.45, 2.75) is 25.9 Å². The molecule has 0 saturated heterocycles. The summed E-state index contributed by atoms with van der Waals surface area (Å²) in [7, 11) is 1.61. The summed E-state index contributed by atoms with van der Waals surface area (Å²) >= 11 is 0. The fourth-order valence-corrected chi connectivity index (χ4v) is 1.80. The van der Waals surface area contributed by atoms with Crippen LogP contribution < -0.4 is 4.74 Å². The van der Waals surface area contributed by atoms with Gasteiger partial charge in [-0.25, -0.2) is 0 Å². The highest BCUT2D eigenvalue weighted by atomic mass is 16.5. The van der Waals surface area contributed by atoms with E-state index in [1.807, 2.05) is 31.2 Å². The van der Waals surface area contributed by atoms with Crippen LogP contribution in [0, 0.1) is 0 Å². The van der Waals surface area contributed by atoms with E-state index in [1.165, 1.54) is 0 Å². The van der Waals surface area contributed by atoms with E-state index in [0.29, 0.717) is 23.5 Å². The molecule has 3 nitrogen and oxygen atoms in total. The van der Waals surface area contributed by atoms with Gasteiger partial charge in [-0.3, -0.25) is 0 Å².